The van der Waals surface area contributed by atoms with Gasteiger partial charge in [0.05, 0.1) is 29.2 Å². The molecular formula is C31H32N4O6. The molecule has 1 aliphatic heterocycles. The van der Waals surface area contributed by atoms with Gasteiger partial charge in [-0.15, -0.1) is 0 Å². The van der Waals surface area contributed by atoms with Gasteiger partial charge in [0.25, 0.3) is 11.5 Å². The van der Waals surface area contributed by atoms with Crippen LogP contribution in [-0.2, 0) is 11.3 Å². The number of ether oxygens (including phenoxy) is 2. The van der Waals surface area contributed by atoms with E-state index in [1.54, 1.807) is 39.8 Å². The summed E-state index contributed by atoms with van der Waals surface area (Å²) in [5.74, 6) is 1.62. The molecule has 1 N–H and O–H groups in total. The van der Waals surface area contributed by atoms with Gasteiger partial charge < -0.3 is 19.5 Å². The van der Waals surface area contributed by atoms with E-state index >= 15 is 0 Å². The predicted octanol–water partition coefficient (Wildman–Crippen LogP) is 3.41. The summed E-state index contributed by atoms with van der Waals surface area (Å²) in [5, 5.41) is 9.76. The van der Waals surface area contributed by atoms with Gasteiger partial charge in [0.15, 0.2) is 6.61 Å². The maximum absolute atomic E-state index is 13.9. The van der Waals surface area contributed by atoms with Crippen molar-refractivity contribution in [3.63, 3.8) is 0 Å². The molecule has 212 valence electrons. The Bertz CT molecular complexity index is 1610. The zero-order chi connectivity index (χ0) is 28.9. The van der Waals surface area contributed by atoms with E-state index in [1.807, 2.05) is 38.1 Å². The van der Waals surface area contributed by atoms with Crippen LogP contribution in [0.3, 0.4) is 0 Å². The summed E-state index contributed by atoms with van der Waals surface area (Å²) in [6.45, 7) is 6.32. The predicted molar refractivity (Wildman–Crippen MR) is 154 cm³/mol. The lowest BCUT2D eigenvalue weighted by molar-refractivity contribution is -0.135. The van der Waals surface area contributed by atoms with E-state index in [0.29, 0.717) is 78.5 Å². The molecule has 5 rings (SSSR count). The molecule has 1 amide bonds. The van der Waals surface area contributed by atoms with Gasteiger partial charge >= 0.3 is 0 Å². The molecular weight excluding hydrogens is 524 g/mol. The first-order valence-corrected chi connectivity index (χ1v) is 13.5. The van der Waals surface area contributed by atoms with E-state index in [4.69, 9.17) is 14.5 Å². The van der Waals surface area contributed by atoms with Crippen LogP contribution >= 0.6 is 0 Å². The van der Waals surface area contributed by atoms with Crippen LogP contribution in [0.25, 0.3) is 16.6 Å². The van der Waals surface area contributed by atoms with Gasteiger partial charge in [-0.2, -0.15) is 0 Å². The average Bonchev–Trinajstić information content (AvgIpc) is 2.97. The Morgan fingerprint density at radius 2 is 1.76 bits per heavy atom. The van der Waals surface area contributed by atoms with Crippen molar-refractivity contribution in [3.8, 4) is 22.9 Å². The molecule has 10 nitrogen and oxygen atoms in total. The Hall–Kier alpha value is -4.70. The number of hydrogen-bond donors (Lipinski definition) is 1. The number of aldehydes is 1. The highest BCUT2D eigenvalue weighted by Gasteiger charge is 2.24. The quantitative estimate of drug-likeness (QED) is 0.312. The van der Waals surface area contributed by atoms with E-state index in [1.165, 1.54) is 12.1 Å². The number of benzene rings is 3. The number of phenolic OH excluding ortho intramolecular Hbond substituents is 1. The maximum atomic E-state index is 13.9. The van der Waals surface area contributed by atoms with Crippen LogP contribution in [0.15, 0.2) is 71.5 Å². The van der Waals surface area contributed by atoms with Crippen molar-refractivity contribution in [3.05, 3.63) is 88.5 Å². The van der Waals surface area contributed by atoms with E-state index in [0.717, 1.165) is 0 Å². The topological polar surface area (TPSA) is 114 Å². The minimum absolute atomic E-state index is 0.0913. The smallest absolute Gasteiger partial charge is 0.266 e. The molecule has 0 spiro atoms. The van der Waals surface area contributed by atoms with Gasteiger partial charge in [0, 0.05) is 31.7 Å². The SMILES string of the molecule is CC(C)Oc1ccccc1-n1c(CN2CCN(C(=O)COc3ccc(O)cc3)CC2)nc2ccc(C=O)cc2c1=O. The molecule has 0 unspecified atom stereocenters. The number of amides is 1. The minimum Gasteiger partial charge on any atom is -0.508 e. The lowest BCUT2D eigenvalue weighted by Crippen LogP contribution is -2.50. The number of carbonyl (C=O) groups excluding carboxylic acids is 2. The summed E-state index contributed by atoms with van der Waals surface area (Å²) >= 11 is 0. The molecule has 10 heteroatoms. The van der Waals surface area contributed by atoms with Crippen LogP contribution in [0.5, 0.6) is 17.2 Å². The largest absolute Gasteiger partial charge is 0.508 e. The fraction of sp³-hybridized carbons (Fsp3) is 0.290. The number of aromatic hydroxyl groups is 1. The number of aromatic nitrogens is 2. The molecule has 4 aromatic rings. The molecule has 3 aromatic carbocycles. The average molecular weight is 557 g/mol. The highest BCUT2D eigenvalue weighted by Crippen LogP contribution is 2.25. The number of nitrogens with zero attached hydrogens (tertiary/aromatic N) is 4. The van der Waals surface area contributed by atoms with Crippen LogP contribution in [0.1, 0.15) is 30.0 Å². The van der Waals surface area contributed by atoms with E-state index in [-0.39, 0.29) is 29.9 Å². The number of para-hydroxylation sites is 2. The molecule has 1 fully saturated rings. The fourth-order valence-electron chi connectivity index (χ4n) is 4.81. The molecule has 0 saturated carbocycles. The van der Waals surface area contributed by atoms with E-state index in [2.05, 4.69) is 4.90 Å². The summed E-state index contributed by atoms with van der Waals surface area (Å²) in [6, 6.07) is 18.5. The van der Waals surface area contributed by atoms with Gasteiger partial charge in [-0.1, -0.05) is 12.1 Å². The first kappa shape index (κ1) is 27.9. The Labute approximate surface area is 237 Å². The number of carbonyl (C=O) groups is 2. The summed E-state index contributed by atoms with van der Waals surface area (Å²) in [7, 11) is 0. The van der Waals surface area contributed by atoms with Crippen molar-refractivity contribution in [2.45, 2.75) is 26.5 Å². The van der Waals surface area contributed by atoms with Crippen LogP contribution in [0.2, 0.25) is 0 Å². The van der Waals surface area contributed by atoms with E-state index in [9.17, 15) is 19.5 Å². The molecule has 1 saturated heterocycles. The third-order valence-corrected chi connectivity index (χ3v) is 6.86. The number of fused-ring (bicyclic) bond motifs is 1. The van der Waals surface area contributed by atoms with Crippen molar-refractivity contribution in [2.75, 3.05) is 32.8 Å². The standard InChI is InChI=1S/C31H32N4O6/c1-21(2)41-28-6-4-3-5-27(28)35-29(32-26-12-7-22(19-36)17-25(26)31(35)39)18-33-13-15-34(16-14-33)30(38)20-40-24-10-8-23(37)9-11-24/h3-12,17,19,21,37H,13-16,18,20H2,1-2H3. The molecule has 0 atom stereocenters. The molecule has 41 heavy (non-hydrogen) atoms. The summed E-state index contributed by atoms with van der Waals surface area (Å²) < 4.78 is 13.2. The first-order valence-electron chi connectivity index (χ1n) is 13.5. The summed E-state index contributed by atoms with van der Waals surface area (Å²) in [5.41, 5.74) is 1.20. The van der Waals surface area contributed by atoms with Gasteiger partial charge in [0.1, 0.15) is 29.4 Å². The second kappa shape index (κ2) is 12.2. The summed E-state index contributed by atoms with van der Waals surface area (Å²) in [6.07, 6.45) is 0.609. The molecule has 0 aliphatic carbocycles. The zero-order valence-corrected chi connectivity index (χ0v) is 23.0. The summed E-state index contributed by atoms with van der Waals surface area (Å²) in [4.78, 5) is 46.8. The van der Waals surface area contributed by atoms with Crippen LogP contribution < -0.4 is 15.0 Å². The highest BCUT2D eigenvalue weighted by molar-refractivity contribution is 5.86. The molecule has 0 radical (unpaired) electrons. The number of rotatable bonds is 9. The van der Waals surface area contributed by atoms with E-state index < -0.39 is 0 Å². The maximum Gasteiger partial charge on any atom is 0.266 e. The van der Waals surface area contributed by atoms with Crippen molar-refractivity contribution < 1.29 is 24.2 Å². The third kappa shape index (κ3) is 6.38. The molecule has 0 bridgehead atoms. The van der Waals surface area contributed by atoms with Crippen LogP contribution in [0, 0.1) is 0 Å². The van der Waals surface area contributed by atoms with Crippen LogP contribution in [-0.4, -0.2) is 75.5 Å². The molecule has 1 aliphatic rings. The van der Waals surface area contributed by atoms with Crippen molar-refractivity contribution >= 4 is 23.1 Å². The number of hydrogen-bond acceptors (Lipinski definition) is 8. The minimum atomic E-state index is -0.284. The van der Waals surface area contributed by atoms with Crippen molar-refractivity contribution in [2.24, 2.45) is 0 Å². The second-order valence-electron chi connectivity index (χ2n) is 10.1. The Morgan fingerprint density at radius 1 is 1.02 bits per heavy atom. The van der Waals surface area contributed by atoms with Crippen LogP contribution in [0.4, 0.5) is 0 Å². The lowest BCUT2D eigenvalue weighted by Gasteiger charge is -2.34. The van der Waals surface area contributed by atoms with Crippen molar-refractivity contribution in [1.29, 1.82) is 0 Å². The van der Waals surface area contributed by atoms with Gasteiger partial charge in [-0.25, -0.2) is 4.98 Å². The normalized spacial score (nSPS) is 13.9. The van der Waals surface area contributed by atoms with Gasteiger partial charge in [-0.05, 0) is 68.4 Å². The number of phenols is 1. The second-order valence-corrected chi connectivity index (χ2v) is 10.1. The highest BCUT2D eigenvalue weighted by atomic mass is 16.5. The van der Waals surface area contributed by atoms with Crippen molar-refractivity contribution in [1.82, 2.24) is 19.4 Å². The fourth-order valence-corrected chi connectivity index (χ4v) is 4.81. The molecule has 1 aromatic heterocycles. The first-order chi connectivity index (χ1) is 19.8. The Kier molecular flexibility index (Phi) is 8.30. The third-order valence-electron chi connectivity index (χ3n) is 6.86. The van der Waals surface area contributed by atoms with Gasteiger partial charge in [-0.3, -0.25) is 23.9 Å². The number of piperazine rings is 1. The lowest BCUT2D eigenvalue weighted by atomic mass is 10.1. The monoisotopic (exact) mass is 556 g/mol. The van der Waals surface area contributed by atoms with Gasteiger partial charge in [0.2, 0.25) is 0 Å². The Balaban J connectivity index is 1.37. The Morgan fingerprint density at radius 3 is 2.46 bits per heavy atom. The molecule has 2 heterocycles. The zero-order valence-electron chi connectivity index (χ0n) is 23.0.